The number of amides is 1. The third kappa shape index (κ3) is 4.34. The summed E-state index contributed by atoms with van der Waals surface area (Å²) in [6, 6.07) is 2.33. The summed E-state index contributed by atoms with van der Waals surface area (Å²) in [5.41, 5.74) is 0.375. The fourth-order valence-electron chi connectivity index (χ4n) is 1.55. The first kappa shape index (κ1) is 15.6. The van der Waals surface area contributed by atoms with Crippen LogP contribution in [0.1, 0.15) is 28.8 Å². The van der Waals surface area contributed by atoms with Crippen molar-refractivity contribution in [3.63, 3.8) is 0 Å². The number of hydrogen-bond acceptors (Lipinski definition) is 3. The Kier molecular flexibility index (Phi) is 5.19. The molecule has 0 spiro atoms. The van der Waals surface area contributed by atoms with E-state index in [1.807, 2.05) is 0 Å². The maximum Gasteiger partial charge on any atom is 0.326 e. The number of carboxylic acids is 2. The Morgan fingerprint density at radius 3 is 2.45 bits per heavy atom. The van der Waals surface area contributed by atoms with Crippen molar-refractivity contribution in [1.29, 1.82) is 0 Å². The van der Waals surface area contributed by atoms with Crippen LogP contribution < -0.4 is 5.32 Å². The number of carboxylic acid groups (broad SMARTS) is 2. The molecule has 0 aliphatic heterocycles. The van der Waals surface area contributed by atoms with Crippen LogP contribution in [0.3, 0.4) is 0 Å². The quantitative estimate of drug-likeness (QED) is 0.727. The highest BCUT2D eigenvalue weighted by atomic mass is 19.1. The van der Waals surface area contributed by atoms with Crippen molar-refractivity contribution in [3.05, 3.63) is 35.1 Å². The highest BCUT2D eigenvalue weighted by Crippen LogP contribution is 2.10. The molecule has 108 valence electrons. The number of halogens is 1. The van der Waals surface area contributed by atoms with Gasteiger partial charge >= 0.3 is 11.9 Å². The van der Waals surface area contributed by atoms with Gasteiger partial charge in [0.25, 0.3) is 5.91 Å². The first-order chi connectivity index (χ1) is 9.31. The largest absolute Gasteiger partial charge is 0.481 e. The minimum Gasteiger partial charge on any atom is -0.481 e. The maximum absolute atomic E-state index is 13.1. The standard InChI is InChI=1S/C13H14FNO5/c1-7-6-8(2-3-9(7)14)12(18)15-10(13(19)20)4-5-11(16)17/h2-3,6,10H,4-5H2,1H3,(H,15,18)(H,16,17)(H,19,20)/t10-/m0/s1. The molecule has 1 amide bonds. The third-order valence-corrected chi connectivity index (χ3v) is 2.67. The fraction of sp³-hybridized carbons (Fsp3) is 0.308. The maximum atomic E-state index is 13.1. The van der Waals surface area contributed by atoms with Gasteiger partial charge in [-0.3, -0.25) is 9.59 Å². The van der Waals surface area contributed by atoms with Gasteiger partial charge in [-0.05, 0) is 37.1 Å². The molecule has 0 fully saturated rings. The van der Waals surface area contributed by atoms with Gasteiger partial charge < -0.3 is 15.5 Å². The molecule has 0 radical (unpaired) electrons. The van der Waals surface area contributed by atoms with E-state index >= 15 is 0 Å². The second kappa shape index (κ2) is 6.65. The molecule has 0 aliphatic rings. The number of hydrogen-bond donors (Lipinski definition) is 3. The summed E-state index contributed by atoms with van der Waals surface area (Å²) in [4.78, 5) is 33.2. The summed E-state index contributed by atoms with van der Waals surface area (Å²) >= 11 is 0. The molecule has 0 saturated heterocycles. The van der Waals surface area contributed by atoms with Crippen molar-refractivity contribution in [3.8, 4) is 0 Å². The second-order valence-electron chi connectivity index (χ2n) is 4.26. The lowest BCUT2D eigenvalue weighted by Gasteiger charge is -2.13. The molecule has 0 heterocycles. The smallest absolute Gasteiger partial charge is 0.326 e. The number of benzene rings is 1. The minimum absolute atomic E-state index is 0.116. The lowest BCUT2D eigenvalue weighted by molar-refractivity contribution is -0.140. The number of nitrogens with one attached hydrogen (secondary N) is 1. The molecule has 6 nitrogen and oxygen atoms in total. The Morgan fingerprint density at radius 2 is 1.95 bits per heavy atom. The van der Waals surface area contributed by atoms with Crippen LogP contribution in [0, 0.1) is 12.7 Å². The van der Waals surface area contributed by atoms with Crippen molar-refractivity contribution in [2.75, 3.05) is 0 Å². The van der Waals surface area contributed by atoms with Gasteiger partial charge in [0, 0.05) is 12.0 Å². The van der Waals surface area contributed by atoms with E-state index in [-0.39, 0.29) is 24.0 Å². The van der Waals surface area contributed by atoms with E-state index in [9.17, 15) is 18.8 Å². The first-order valence-electron chi connectivity index (χ1n) is 5.83. The monoisotopic (exact) mass is 283 g/mol. The van der Waals surface area contributed by atoms with Crippen molar-refractivity contribution in [2.45, 2.75) is 25.8 Å². The highest BCUT2D eigenvalue weighted by molar-refractivity contribution is 5.96. The van der Waals surface area contributed by atoms with Crippen LogP contribution in [0.15, 0.2) is 18.2 Å². The topological polar surface area (TPSA) is 104 Å². The average molecular weight is 283 g/mol. The van der Waals surface area contributed by atoms with Crippen LogP contribution in [0.2, 0.25) is 0 Å². The predicted molar refractivity (Wildman–Crippen MR) is 66.9 cm³/mol. The van der Waals surface area contributed by atoms with Crippen LogP contribution in [0.5, 0.6) is 0 Å². The van der Waals surface area contributed by atoms with E-state index in [2.05, 4.69) is 5.32 Å². The number of carbonyl (C=O) groups is 3. The van der Waals surface area contributed by atoms with E-state index in [1.54, 1.807) is 0 Å². The van der Waals surface area contributed by atoms with Crippen molar-refractivity contribution in [2.24, 2.45) is 0 Å². The molecule has 0 saturated carbocycles. The van der Waals surface area contributed by atoms with Crippen LogP contribution in [0.25, 0.3) is 0 Å². The summed E-state index contributed by atoms with van der Waals surface area (Å²) in [5.74, 6) is -3.63. The Hall–Kier alpha value is -2.44. The zero-order chi connectivity index (χ0) is 15.3. The van der Waals surface area contributed by atoms with Crippen LogP contribution >= 0.6 is 0 Å². The molecule has 0 aliphatic carbocycles. The normalized spacial score (nSPS) is 11.7. The number of rotatable bonds is 6. The van der Waals surface area contributed by atoms with E-state index in [0.717, 1.165) is 6.07 Å². The molecular formula is C13H14FNO5. The SMILES string of the molecule is Cc1cc(C(=O)N[C@@H](CCC(=O)O)C(=O)O)ccc1F. The molecule has 1 rings (SSSR count). The predicted octanol–water partition coefficient (Wildman–Crippen LogP) is 1.18. The Bertz CT molecular complexity index is 544. The molecule has 7 heteroatoms. The summed E-state index contributed by atoms with van der Waals surface area (Å²) < 4.78 is 13.1. The molecule has 20 heavy (non-hydrogen) atoms. The highest BCUT2D eigenvalue weighted by Gasteiger charge is 2.21. The Balaban J connectivity index is 2.77. The first-order valence-corrected chi connectivity index (χ1v) is 5.83. The molecule has 0 unspecified atom stereocenters. The zero-order valence-electron chi connectivity index (χ0n) is 10.7. The van der Waals surface area contributed by atoms with Crippen LogP contribution in [0.4, 0.5) is 4.39 Å². The third-order valence-electron chi connectivity index (χ3n) is 2.67. The summed E-state index contributed by atoms with van der Waals surface area (Å²) in [7, 11) is 0. The van der Waals surface area contributed by atoms with Gasteiger partial charge in [-0.2, -0.15) is 0 Å². The van der Waals surface area contributed by atoms with Gasteiger partial charge in [-0.25, -0.2) is 9.18 Å². The second-order valence-corrected chi connectivity index (χ2v) is 4.26. The van der Waals surface area contributed by atoms with Gasteiger partial charge in [-0.15, -0.1) is 0 Å². The van der Waals surface area contributed by atoms with E-state index in [1.165, 1.54) is 19.1 Å². The summed E-state index contributed by atoms with van der Waals surface area (Å²) in [5, 5.41) is 19.6. The number of aliphatic carboxylic acids is 2. The number of carbonyl (C=O) groups excluding carboxylic acids is 1. The van der Waals surface area contributed by atoms with Crippen molar-refractivity contribution >= 4 is 17.8 Å². The van der Waals surface area contributed by atoms with E-state index < -0.39 is 29.7 Å². The molecule has 1 aromatic carbocycles. The van der Waals surface area contributed by atoms with Crippen molar-refractivity contribution in [1.82, 2.24) is 5.32 Å². The average Bonchev–Trinajstić information content (AvgIpc) is 2.36. The summed E-state index contributed by atoms with van der Waals surface area (Å²) in [6.07, 6.45) is -0.601. The molecule has 3 N–H and O–H groups in total. The zero-order valence-corrected chi connectivity index (χ0v) is 10.7. The Labute approximate surface area is 114 Å². The van der Waals surface area contributed by atoms with E-state index in [4.69, 9.17) is 10.2 Å². The fourth-order valence-corrected chi connectivity index (χ4v) is 1.55. The minimum atomic E-state index is -1.32. The molecule has 0 aromatic heterocycles. The lowest BCUT2D eigenvalue weighted by Crippen LogP contribution is -2.41. The van der Waals surface area contributed by atoms with Crippen LogP contribution in [-0.4, -0.2) is 34.1 Å². The lowest BCUT2D eigenvalue weighted by atomic mass is 10.1. The van der Waals surface area contributed by atoms with E-state index in [0.29, 0.717) is 0 Å². The van der Waals surface area contributed by atoms with Crippen molar-refractivity contribution < 1.29 is 29.0 Å². The Morgan fingerprint density at radius 1 is 1.30 bits per heavy atom. The summed E-state index contributed by atoms with van der Waals surface area (Å²) in [6.45, 7) is 1.48. The van der Waals surface area contributed by atoms with Gasteiger partial charge in [0.15, 0.2) is 0 Å². The van der Waals surface area contributed by atoms with Gasteiger partial charge in [0.05, 0.1) is 0 Å². The van der Waals surface area contributed by atoms with Gasteiger partial charge in [0.2, 0.25) is 0 Å². The molecule has 1 atom stereocenters. The molecule has 0 bridgehead atoms. The van der Waals surface area contributed by atoms with Gasteiger partial charge in [-0.1, -0.05) is 0 Å². The number of aryl methyl sites for hydroxylation is 1. The van der Waals surface area contributed by atoms with Crippen LogP contribution in [-0.2, 0) is 9.59 Å². The molecular weight excluding hydrogens is 269 g/mol. The molecule has 1 aromatic rings. The van der Waals surface area contributed by atoms with Gasteiger partial charge in [0.1, 0.15) is 11.9 Å².